The zero-order chi connectivity index (χ0) is 18.5. The molecule has 138 valence electrons. The van der Waals surface area contributed by atoms with Gasteiger partial charge in [0, 0.05) is 18.8 Å². The zero-order valence-corrected chi connectivity index (χ0v) is 14.8. The molecule has 1 aliphatic heterocycles. The summed E-state index contributed by atoms with van der Waals surface area (Å²) in [4.78, 5) is 12.5. The number of rotatable bonds is 4. The van der Waals surface area contributed by atoms with E-state index in [1.165, 1.54) is 12.4 Å². The average molecular weight is 360 g/mol. The molecule has 1 unspecified atom stereocenters. The highest BCUT2D eigenvalue weighted by molar-refractivity contribution is 5.61. The van der Waals surface area contributed by atoms with Crippen molar-refractivity contribution < 1.29 is 8.78 Å². The summed E-state index contributed by atoms with van der Waals surface area (Å²) in [6, 6.07) is 5.98. The molecule has 1 fully saturated rings. The highest BCUT2D eigenvalue weighted by Crippen LogP contribution is 2.23. The van der Waals surface area contributed by atoms with Crippen molar-refractivity contribution in [2.24, 2.45) is 0 Å². The minimum absolute atomic E-state index is 0.284. The van der Waals surface area contributed by atoms with Gasteiger partial charge in [0.1, 0.15) is 11.5 Å². The van der Waals surface area contributed by atoms with Gasteiger partial charge >= 0.3 is 0 Å². The minimum Gasteiger partial charge on any atom is -0.366 e. The molecule has 0 bridgehead atoms. The molecule has 0 spiro atoms. The Bertz CT molecular complexity index is 858. The first kappa shape index (κ1) is 18.2. The van der Waals surface area contributed by atoms with Crippen LogP contribution in [0.3, 0.4) is 0 Å². The molecule has 2 N–H and O–H groups in total. The second kappa shape index (κ2) is 8.18. The van der Waals surface area contributed by atoms with E-state index in [0.29, 0.717) is 23.1 Å². The summed E-state index contributed by atoms with van der Waals surface area (Å²) in [6.45, 7) is 5.90. The standard InChI is InChI=1S/C16H16F2N6.C2H6/c17-16(18)12-9-24-13(7-21-15(24)8-20-12)11-2-1-3-14(23-11)22-10-4-5-19-6-10;1-2/h1-3,7-10,16,19H,4-6H2,(H,22,23);1-2H3. The maximum absolute atomic E-state index is 12.9. The van der Waals surface area contributed by atoms with Crippen molar-refractivity contribution in [1.82, 2.24) is 24.7 Å². The van der Waals surface area contributed by atoms with Gasteiger partial charge in [0.2, 0.25) is 0 Å². The van der Waals surface area contributed by atoms with Crippen LogP contribution in [0.1, 0.15) is 32.4 Å². The van der Waals surface area contributed by atoms with Crippen molar-refractivity contribution in [1.29, 1.82) is 0 Å². The number of alkyl halides is 2. The first-order valence-corrected chi connectivity index (χ1v) is 8.76. The molecular weight excluding hydrogens is 338 g/mol. The van der Waals surface area contributed by atoms with E-state index in [4.69, 9.17) is 0 Å². The summed E-state index contributed by atoms with van der Waals surface area (Å²) in [6.07, 6.45) is 2.70. The molecule has 0 radical (unpaired) electrons. The van der Waals surface area contributed by atoms with Gasteiger partial charge in [-0.1, -0.05) is 19.9 Å². The van der Waals surface area contributed by atoms with Gasteiger partial charge in [0.25, 0.3) is 6.43 Å². The maximum atomic E-state index is 12.9. The average Bonchev–Trinajstić information content (AvgIpc) is 3.32. The van der Waals surface area contributed by atoms with Gasteiger partial charge < -0.3 is 10.6 Å². The van der Waals surface area contributed by atoms with Crippen LogP contribution in [0.2, 0.25) is 0 Å². The second-order valence-electron chi connectivity index (χ2n) is 5.73. The van der Waals surface area contributed by atoms with Crippen molar-refractivity contribution in [3.05, 3.63) is 42.5 Å². The molecule has 6 nitrogen and oxygen atoms in total. The molecule has 1 saturated heterocycles. The Balaban J connectivity index is 0.000000948. The first-order valence-electron chi connectivity index (χ1n) is 8.76. The third-order valence-corrected chi connectivity index (χ3v) is 4.06. The fourth-order valence-corrected chi connectivity index (χ4v) is 2.85. The van der Waals surface area contributed by atoms with E-state index in [2.05, 4.69) is 25.6 Å². The molecule has 0 aromatic carbocycles. The molecule has 4 rings (SSSR count). The van der Waals surface area contributed by atoms with Crippen LogP contribution in [0.15, 0.2) is 36.8 Å². The number of anilines is 1. The topological polar surface area (TPSA) is 67.1 Å². The van der Waals surface area contributed by atoms with E-state index in [1.54, 1.807) is 10.6 Å². The van der Waals surface area contributed by atoms with E-state index < -0.39 is 6.43 Å². The predicted octanol–water partition coefficient (Wildman–Crippen LogP) is 3.53. The fourth-order valence-electron chi connectivity index (χ4n) is 2.85. The first-order chi connectivity index (χ1) is 12.7. The molecule has 1 atom stereocenters. The smallest absolute Gasteiger partial charge is 0.281 e. The number of fused-ring (bicyclic) bond motifs is 1. The molecule has 1 aliphatic rings. The van der Waals surface area contributed by atoms with Crippen molar-refractivity contribution in [2.45, 2.75) is 32.7 Å². The SMILES string of the molecule is CC.FC(F)c1cn2c(-c3cccc(NC4CCNC4)n3)cnc2cn1. The van der Waals surface area contributed by atoms with Crippen LogP contribution in [-0.4, -0.2) is 38.5 Å². The summed E-state index contributed by atoms with van der Waals surface area (Å²) >= 11 is 0. The lowest BCUT2D eigenvalue weighted by Gasteiger charge is -2.12. The van der Waals surface area contributed by atoms with Crippen LogP contribution in [0.5, 0.6) is 0 Å². The van der Waals surface area contributed by atoms with E-state index in [-0.39, 0.29) is 5.69 Å². The zero-order valence-electron chi connectivity index (χ0n) is 14.8. The molecule has 3 aromatic heterocycles. The molecule has 0 saturated carbocycles. The molecule has 0 aliphatic carbocycles. The summed E-state index contributed by atoms with van der Waals surface area (Å²) in [5.41, 5.74) is 1.55. The molecular formula is C18H22F2N6. The summed E-state index contributed by atoms with van der Waals surface area (Å²) in [7, 11) is 0. The number of aromatic nitrogens is 4. The van der Waals surface area contributed by atoms with Gasteiger partial charge in [-0.05, 0) is 25.1 Å². The van der Waals surface area contributed by atoms with Crippen molar-refractivity contribution in [2.75, 3.05) is 18.4 Å². The van der Waals surface area contributed by atoms with Crippen LogP contribution >= 0.6 is 0 Å². The van der Waals surface area contributed by atoms with Gasteiger partial charge in [0.05, 0.1) is 23.8 Å². The summed E-state index contributed by atoms with van der Waals surface area (Å²) in [5, 5.41) is 6.68. The van der Waals surface area contributed by atoms with Gasteiger partial charge in [-0.3, -0.25) is 4.40 Å². The highest BCUT2D eigenvalue weighted by Gasteiger charge is 2.16. The number of pyridine rings is 1. The van der Waals surface area contributed by atoms with Crippen LogP contribution in [0.4, 0.5) is 14.6 Å². The highest BCUT2D eigenvalue weighted by atomic mass is 19.3. The van der Waals surface area contributed by atoms with Crippen molar-refractivity contribution >= 4 is 11.5 Å². The summed E-state index contributed by atoms with van der Waals surface area (Å²) < 4.78 is 27.4. The molecule has 8 heteroatoms. The van der Waals surface area contributed by atoms with Gasteiger partial charge in [0.15, 0.2) is 5.65 Å². The Morgan fingerprint density at radius 2 is 2.08 bits per heavy atom. The number of imidazole rings is 1. The van der Waals surface area contributed by atoms with E-state index >= 15 is 0 Å². The Labute approximate surface area is 150 Å². The summed E-state index contributed by atoms with van der Waals surface area (Å²) in [5.74, 6) is 0.763. The lowest BCUT2D eigenvalue weighted by molar-refractivity contribution is 0.145. The Hall–Kier alpha value is -2.61. The fraction of sp³-hybridized carbons (Fsp3) is 0.389. The van der Waals surface area contributed by atoms with Crippen molar-refractivity contribution in [3.8, 4) is 11.4 Å². The van der Waals surface area contributed by atoms with Crippen LogP contribution in [0.25, 0.3) is 17.0 Å². The van der Waals surface area contributed by atoms with Crippen LogP contribution < -0.4 is 10.6 Å². The third-order valence-electron chi connectivity index (χ3n) is 4.06. The van der Waals surface area contributed by atoms with Gasteiger partial charge in [-0.15, -0.1) is 0 Å². The quantitative estimate of drug-likeness (QED) is 0.745. The number of nitrogens with one attached hydrogen (secondary N) is 2. The predicted molar refractivity (Wildman–Crippen MR) is 97.4 cm³/mol. The Kier molecular flexibility index (Phi) is 5.72. The lowest BCUT2D eigenvalue weighted by Crippen LogP contribution is -2.22. The maximum Gasteiger partial charge on any atom is 0.281 e. The number of hydrogen-bond acceptors (Lipinski definition) is 5. The Morgan fingerprint density at radius 1 is 1.23 bits per heavy atom. The number of nitrogens with zero attached hydrogens (tertiary/aromatic N) is 4. The molecule has 0 amide bonds. The Morgan fingerprint density at radius 3 is 2.81 bits per heavy atom. The second-order valence-corrected chi connectivity index (χ2v) is 5.73. The minimum atomic E-state index is -2.62. The number of halogens is 2. The van der Waals surface area contributed by atoms with Crippen LogP contribution in [-0.2, 0) is 0 Å². The number of hydrogen-bond donors (Lipinski definition) is 2. The van der Waals surface area contributed by atoms with E-state index in [9.17, 15) is 8.78 Å². The monoisotopic (exact) mass is 360 g/mol. The lowest BCUT2D eigenvalue weighted by atomic mass is 10.2. The van der Waals surface area contributed by atoms with E-state index in [1.807, 2.05) is 32.0 Å². The molecule has 3 aromatic rings. The largest absolute Gasteiger partial charge is 0.366 e. The van der Waals surface area contributed by atoms with Crippen molar-refractivity contribution in [3.63, 3.8) is 0 Å². The van der Waals surface area contributed by atoms with Crippen LogP contribution in [0, 0.1) is 0 Å². The third kappa shape index (κ3) is 3.80. The molecule has 26 heavy (non-hydrogen) atoms. The van der Waals surface area contributed by atoms with Gasteiger partial charge in [-0.2, -0.15) is 0 Å². The molecule has 4 heterocycles. The van der Waals surface area contributed by atoms with Gasteiger partial charge in [-0.25, -0.2) is 23.7 Å². The van der Waals surface area contributed by atoms with E-state index in [0.717, 1.165) is 25.3 Å². The normalized spacial score (nSPS) is 16.6.